The summed E-state index contributed by atoms with van der Waals surface area (Å²) in [6.07, 6.45) is 5.95. The highest BCUT2D eigenvalue weighted by molar-refractivity contribution is 7.80. The maximum absolute atomic E-state index is 11.6. The summed E-state index contributed by atoms with van der Waals surface area (Å²) in [4.78, 5) is 24.6. The van der Waals surface area contributed by atoms with Gasteiger partial charge in [0.15, 0.2) is 5.11 Å². The van der Waals surface area contributed by atoms with E-state index in [1.165, 1.54) is 19.3 Å². The largest absolute Gasteiger partial charge is 0.360 e. The van der Waals surface area contributed by atoms with Gasteiger partial charge in [0.25, 0.3) is 0 Å². The molecule has 5 nitrogen and oxygen atoms in total. The summed E-state index contributed by atoms with van der Waals surface area (Å²) in [7, 11) is 0. The molecule has 0 aromatic heterocycles. The molecule has 2 rings (SSSR count). The first-order valence-electron chi connectivity index (χ1n) is 6.49. The number of hydrogen-bond acceptors (Lipinski definition) is 3. The Hall–Kier alpha value is -1.17. The predicted octanol–water partition coefficient (Wildman–Crippen LogP) is 0.540. The van der Waals surface area contributed by atoms with E-state index in [9.17, 15) is 9.59 Å². The zero-order chi connectivity index (χ0) is 13.1. The van der Waals surface area contributed by atoms with Crippen molar-refractivity contribution in [3.8, 4) is 0 Å². The van der Waals surface area contributed by atoms with Gasteiger partial charge in [0.1, 0.15) is 12.6 Å². The molecule has 0 aromatic rings. The van der Waals surface area contributed by atoms with Gasteiger partial charge in [0, 0.05) is 6.04 Å². The number of carbonyl (C=O) groups excluding carboxylic acids is 2. The molecular weight excluding hydrogens is 250 g/mol. The van der Waals surface area contributed by atoms with Gasteiger partial charge >= 0.3 is 0 Å². The summed E-state index contributed by atoms with van der Waals surface area (Å²) in [5, 5.41) is 6.12. The summed E-state index contributed by atoms with van der Waals surface area (Å²) < 4.78 is 0. The van der Waals surface area contributed by atoms with Crippen molar-refractivity contribution in [2.75, 3.05) is 6.54 Å². The van der Waals surface area contributed by atoms with Gasteiger partial charge in [-0.05, 0) is 32.0 Å². The quantitative estimate of drug-likeness (QED) is 0.537. The van der Waals surface area contributed by atoms with Gasteiger partial charge in [0.2, 0.25) is 11.8 Å². The first-order valence-corrected chi connectivity index (χ1v) is 6.89. The fraction of sp³-hybridized carbons (Fsp3) is 0.750. The van der Waals surface area contributed by atoms with Crippen molar-refractivity contribution in [1.29, 1.82) is 0 Å². The Morgan fingerprint density at radius 1 is 1.33 bits per heavy atom. The van der Waals surface area contributed by atoms with Gasteiger partial charge in [-0.25, -0.2) is 0 Å². The van der Waals surface area contributed by atoms with Crippen LogP contribution < -0.4 is 10.6 Å². The van der Waals surface area contributed by atoms with Gasteiger partial charge in [-0.1, -0.05) is 19.3 Å². The van der Waals surface area contributed by atoms with E-state index in [0.717, 1.165) is 12.8 Å². The van der Waals surface area contributed by atoms with Crippen molar-refractivity contribution in [1.82, 2.24) is 15.5 Å². The predicted molar refractivity (Wildman–Crippen MR) is 71.9 cm³/mol. The first-order chi connectivity index (χ1) is 8.58. The Morgan fingerprint density at radius 2 is 2.00 bits per heavy atom. The molecule has 1 unspecified atom stereocenters. The lowest BCUT2D eigenvalue weighted by Gasteiger charge is -2.36. The van der Waals surface area contributed by atoms with E-state index in [0.29, 0.717) is 11.2 Å². The monoisotopic (exact) mass is 269 g/mol. The normalized spacial score (nSPS) is 25.8. The Kier molecular flexibility index (Phi) is 4.16. The van der Waals surface area contributed by atoms with Gasteiger partial charge in [-0.2, -0.15) is 0 Å². The maximum atomic E-state index is 11.6. The van der Waals surface area contributed by atoms with Crippen molar-refractivity contribution in [3.63, 3.8) is 0 Å². The van der Waals surface area contributed by atoms with Crippen LogP contribution in [-0.2, 0) is 9.59 Å². The third kappa shape index (κ3) is 2.98. The lowest BCUT2D eigenvalue weighted by molar-refractivity contribution is -0.137. The van der Waals surface area contributed by atoms with Crippen molar-refractivity contribution in [2.45, 2.75) is 51.1 Å². The Morgan fingerprint density at radius 3 is 2.67 bits per heavy atom. The van der Waals surface area contributed by atoms with Crippen LogP contribution in [0.4, 0.5) is 0 Å². The molecule has 2 amide bonds. The fourth-order valence-electron chi connectivity index (χ4n) is 2.47. The van der Waals surface area contributed by atoms with E-state index in [2.05, 4.69) is 10.6 Å². The van der Waals surface area contributed by atoms with E-state index >= 15 is 0 Å². The van der Waals surface area contributed by atoms with E-state index in [-0.39, 0.29) is 24.4 Å². The minimum Gasteiger partial charge on any atom is -0.360 e. The summed E-state index contributed by atoms with van der Waals surface area (Å²) >= 11 is 5.32. The van der Waals surface area contributed by atoms with Gasteiger partial charge < -0.3 is 10.2 Å². The van der Waals surface area contributed by atoms with Crippen LogP contribution >= 0.6 is 12.2 Å². The van der Waals surface area contributed by atoms with Crippen molar-refractivity contribution in [2.24, 2.45) is 0 Å². The molecular formula is C12H19N3O2S. The highest BCUT2D eigenvalue weighted by atomic mass is 32.1. The van der Waals surface area contributed by atoms with Crippen LogP contribution in [0, 0.1) is 0 Å². The number of amides is 2. The molecule has 1 saturated heterocycles. The van der Waals surface area contributed by atoms with Crippen LogP contribution in [0.15, 0.2) is 0 Å². The number of imide groups is 1. The second kappa shape index (κ2) is 5.65. The molecule has 1 aliphatic heterocycles. The highest BCUT2D eigenvalue weighted by Gasteiger charge is 2.32. The summed E-state index contributed by atoms with van der Waals surface area (Å²) in [6, 6.07) is 0.00447. The molecule has 1 heterocycles. The molecule has 1 saturated carbocycles. The molecule has 2 fully saturated rings. The molecule has 18 heavy (non-hydrogen) atoms. The molecule has 6 heteroatoms. The average Bonchev–Trinajstić information content (AvgIpc) is 2.35. The standard InChI is InChI=1S/C12H19N3O2S/c1-8-11(17)14-10(16)7-15(8)12(18)13-9-5-3-2-4-6-9/h8-9H,2-7H2,1H3,(H,13,18)(H,14,16,17). The third-order valence-corrected chi connectivity index (χ3v) is 3.97. The Labute approximate surface area is 112 Å². The Balaban J connectivity index is 1.94. The molecule has 1 atom stereocenters. The number of nitrogens with one attached hydrogen (secondary N) is 2. The number of nitrogens with zero attached hydrogens (tertiary/aromatic N) is 1. The van der Waals surface area contributed by atoms with Crippen molar-refractivity contribution in [3.05, 3.63) is 0 Å². The van der Waals surface area contributed by atoms with Crippen LogP contribution in [0.25, 0.3) is 0 Å². The number of hydrogen-bond donors (Lipinski definition) is 2. The first kappa shape index (κ1) is 13.3. The minimum atomic E-state index is -0.383. The summed E-state index contributed by atoms with van der Waals surface area (Å²) in [5.74, 6) is -0.565. The van der Waals surface area contributed by atoms with Crippen LogP contribution in [0.2, 0.25) is 0 Å². The molecule has 2 aliphatic rings. The van der Waals surface area contributed by atoms with Crippen molar-refractivity contribution < 1.29 is 9.59 Å². The van der Waals surface area contributed by atoms with E-state index in [1.807, 2.05) is 0 Å². The topological polar surface area (TPSA) is 61.4 Å². The molecule has 0 bridgehead atoms. The van der Waals surface area contributed by atoms with E-state index < -0.39 is 0 Å². The number of rotatable bonds is 1. The van der Waals surface area contributed by atoms with Crippen LogP contribution in [-0.4, -0.2) is 40.5 Å². The fourth-order valence-corrected chi connectivity index (χ4v) is 2.86. The highest BCUT2D eigenvalue weighted by Crippen LogP contribution is 2.18. The van der Waals surface area contributed by atoms with Gasteiger partial charge in [-0.15, -0.1) is 0 Å². The molecule has 0 radical (unpaired) electrons. The van der Waals surface area contributed by atoms with Crippen LogP contribution in [0.1, 0.15) is 39.0 Å². The molecule has 2 N–H and O–H groups in total. The zero-order valence-corrected chi connectivity index (χ0v) is 11.4. The molecule has 0 spiro atoms. The number of piperazine rings is 1. The SMILES string of the molecule is CC1C(=O)NC(=O)CN1C(=S)NC1CCCCC1. The van der Waals surface area contributed by atoms with Gasteiger partial charge in [-0.3, -0.25) is 14.9 Å². The van der Waals surface area contributed by atoms with Gasteiger partial charge in [0.05, 0.1) is 0 Å². The smallest absolute Gasteiger partial charge is 0.249 e. The zero-order valence-electron chi connectivity index (χ0n) is 10.6. The third-order valence-electron chi connectivity index (χ3n) is 3.62. The summed E-state index contributed by atoms with van der Waals surface area (Å²) in [5.41, 5.74) is 0. The molecule has 0 aromatic carbocycles. The number of carbonyl (C=O) groups is 2. The second-order valence-electron chi connectivity index (χ2n) is 5.00. The second-order valence-corrected chi connectivity index (χ2v) is 5.39. The lowest BCUT2D eigenvalue weighted by atomic mass is 9.96. The summed E-state index contributed by atoms with van der Waals surface area (Å²) in [6.45, 7) is 1.92. The van der Waals surface area contributed by atoms with E-state index in [4.69, 9.17) is 12.2 Å². The number of thiocarbonyl (C=S) groups is 1. The van der Waals surface area contributed by atoms with Crippen LogP contribution in [0.5, 0.6) is 0 Å². The minimum absolute atomic E-state index is 0.158. The average molecular weight is 269 g/mol. The Bertz CT molecular complexity index is 366. The van der Waals surface area contributed by atoms with E-state index in [1.54, 1.807) is 11.8 Å². The molecule has 1 aliphatic carbocycles. The maximum Gasteiger partial charge on any atom is 0.249 e. The lowest BCUT2D eigenvalue weighted by Crippen LogP contribution is -2.61. The van der Waals surface area contributed by atoms with Crippen LogP contribution in [0.3, 0.4) is 0 Å². The molecule has 100 valence electrons. The van der Waals surface area contributed by atoms with Crippen molar-refractivity contribution >= 4 is 29.1 Å².